The van der Waals surface area contributed by atoms with Crippen LogP contribution in [0.4, 0.5) is 5.69 Å². The third-order valence-corrected chi connectivity index (χ3v) is 2.83. The van der Waals surface area contributed by atoms with E-state index in [-0.39, 0.29) is 0 Å². The highest BCUT2D eigenvalue weighted by atomic mass is 16.5. The van der Waals surface area contributed by atoms with Gasteiger partial charge in [0.25, 0.3) is 0 Å². The van der Waals surface area contributed by atoms with E-state index in [1.807, 2.05) is 30.3 Å². The molecule has 108 valence electrons. The average Bonchev–Trinajstić information content (AvgIpc) is 2.53. The number of benzene rings is 2. The van der Waals surface area contributed by atoms with Crippen LogP contribution in [0.2, 0.25) is 0 Å². The summed E-state index contributed by atoms with van der Waals surface area (Å²) < 4.78 is 5.05. The molecule has 0 unspecified atom stereocenters. The number of nitrogens with one attached hydrogen (secondary N) is 2. The molecule has 0 atom stereocenters. The molecule has 2 rings (SSSR count). The predicted octanol–water partition coefficient (Wildman–Crippen LogP) is 1.95. The van der Waals surface area contributed by atoms with E-state index in [1.54, 1.807) is 24.3 Å². The number of methoxy groups -OCH3 is 1. The van der Waals surface area contributed by atoms with E-state index in [2.05, 4.69) is 10.6 Å². The van der Waals surface area contributed by atoms with Crippen molar-refractivity contribution in [3.8, 4) is 5.75 Å². The SMILES string of the molecule is COc1cccc(NC(=O)C(=O)NCc2ccccc2)c1. The standard InChI is InChI=1S/C16H16N2O3/c1-21-14-9-5-8-13(10-14)18-16(20)15(19)17-11-12-6-3-2-4-7-12/h2-10H,11H2,1H3,(H,17,19)(H,18,20). The molecule has 0 radical (unpaired) electrons. The van der Waals surface area contributed by atoms with Crippen LogP contribution in [-0.2, 0) is 16.1 Å². The van der Waals surface area contributed by atoms with Crippen molar-refractivity contribution < 1.29 is 14.3 Å². The largest absolute Gasteiger partial charge is 0.497 e. The molecule has 0 fully saturated rings. The van der Waals surface area contributed by atoms with Crippen molar-refractivity contribution in [2.24, 2.45) is 0 Å². The smallest absolute Gasteiger partial charge is 0.313 e. The quantitative estimate of drug-likeness (QED) is 0.843. The molecule has 2 N–H and O–H groups in total. The zero-order valence-electron chi connectivity index (χ0n) is 11.6. The molecule has 2 aromatic rings. The molecule has 0 saturated carbocycles. The second kappa shape index (κ2) is 7.09. The maximum absolute atomic E-state index is 11.8. The molecule has 21 heavy (non-hydrogen) atoms. The minimum atomic E-state index is -0.709. The molecule has 0 saturated heterocycles. The Labute approximate surface area is 122 Å². The van der Waals surface area contributed by atoms with Gasteiger partial charge in [0.15, 0.2) is 0 Å². The Balaban J connectivity index is 1.89. The van der Waals surface area contributed by atoms with Gasteiger partial charge in [-0.05, 0) is 17.7 Å². The molecule has 0 heterocycles. The molecule has 0 aliphatic heterocycles. The van der Waals surface area contributed by atoms with Crippen LogP contribution in [0.15, 0.2) is 54.6 Å². The van der Waals surface area contributed by atoms with E-state index >= 15 is 0 Å². The average molecular weight is 284 g/mol. The van der Waals surface area contributed by atoms with Crippen LogP contribution in [0.1, 0.15) is 5.56 Å². The highest BCUT2D eigenvalue weighted by Gasteiger charge is 2.13. The number of carbonyl (C=O) groups excluding carboxylic acids is 2. The van der Waals surface area contributed by atoms with Crippen LogP contribution in [-0.4, -0.2) is 18.9 Å². The third-order valence-electron chi connectivity index (χ3n) is 2.83. The summed E-state index contributed by atoms with van der Waals surface area (Å²) in [6.07, 6.45) is 0. The van der Waals surface area contributed by atoms with Crippen LogP contribution in [0.25, 0.3) is 0 Å². The summed E-state index contributed by atoms with van der Waals surface area (Å²) in [5.74, 6) is -0.779. The van der Waals surface area contributed by atoms with E-state index < -0.39 is 11.8 Å². The first-order chi connectivity index (χ1) is 10.2. The summed E-state index contributed by atoms with van der Waals surface area (Å²) in [6.45, 7) is 0.311. The van der Waals surface area contributed by atoms with Gasteiger partial charge in [0, 0.05) is 18.3 Å². The summed E-state index contributed by atoms with van der Waals surface area (Å²) in [7, 11) is 1.54. The van der Waals surface area contributed by atoms with Crippen LogP contribution in [0.5, 0.6) is 5.75 Å². The fourth-order valence-electron chi connectivity index (χ4n) is 1.75. The lowest BCUT2D eigenvalue weighted by Crippen LogP contribution is -2.34. The second-order valence-corrected chi connectivity index (χ2v) is 4.35. The molecule has 0 aliphatic carbocycles. The molecule has 0 aliphatic rings. The van der Waals surface area contributed by atoms with E-state index in [4.69, 9.17) is 4.74 Å². The molecule has 5 heteroatoms. The zero-order chi connectivity index (χ0) is 15.1. The summed E-state index contributed by atoms with van der Waals surface area (Å²) >= 11 is 0. The number of rotatable bonds is 4. The van der Waals surface area contributed by atoms with Crippen molar-refractivity contribution in [2.75, 3.05) is 12.4 Å². The van der Waals surface area contributed by atoms with Gasteiger partial charge >= 0.3 is 11.8 Å². The third kappa shape index (κ3) is 4.35. The minimum absolute atomic E-state index is 0.311. The van der Waals surface area contributed by atoms with Gasteiger partial charge in [-0.3, -0.25) is 9.59 Å². The summed E-state index contributed by atoms with van der Waals surface area (Å²) in [5.41, 5.74) is 1.44. The first-order valence-corrected chi connectivity index (χ1v) is 6.46. The molecule has 0 aromatic heterocycles. The van der Waals surface area contributed by atoms with Crippen molar-refractivity contribution in [1.29, 1.82) is 0 Å². The van der Waals surface area contributed by atoms with Gasteiger partial charge < -0.3 is 15.4 Å². The van der Waals surface area contributed by atoms with E-state index in [0.29, 0.717) is 18.0 Å². The topological polar surface area (TPSA) is 67.4 Å². The molecular formula is C16H16N2O3. The maximum Gasteiger partial charge on any atom is 0.313 e. The monoisotopic (exact) mass is 284 g/mol. The normalized spacial score (nSPS) is 9.76. The fraction of sp³-hybridized carbons (Fsp3) is 0.125. The first kappa shape index (κ1) is 14.6. The molecular weight excluding hydrogens is 268 g/mol. The van der Waals surface area contributed by atoms with Gasteiger partial charge in [-0.1, -0.05) is 36.4 Å². The van der Waals surface area contributed by atoms with E-state index in [1.165, 1.54) is 7.11 Å². The van der Waals surface area contributed by atoms with Crippen molar-refractivity contribution in [2.45, 2.75) is 6.54 Å². The van der Waals surface area contributed by atoms with E-state index in [0.717, 1.165) is 5.56 Å². The number of hydrogen-bond acceptors (Lipinski definition) is 3. The number of amides is 2. The van der Waals surface area contributed by atoms with Gasteiger partial charge in [0.1, 0.15) is 5.75 Å². The number of anilines is 1. The van der Waals surface area contributed by atoms with E-state index in [9.17, 15) is 9.59 Å². The number of ether oxygens (including phenoxy) is 1. The predicted molar refractivity (Wildman–Crippen MR) is 79.9 cm³/mol. The number of hydrogen-bond donors (Lipinski definition) is 2. The van der Waals surface area contributed by atoms with Gasteiger partial charge in [-0.15, -0.1) is 0 Å². The Morgan fingerprint density at radius 3 is 2.48 bits per heavy atom. The second-order valence-electron chi connectivity index (χ2n) is 4.35. The lowest BCUT2D eigenvalue weighted by Gasteiger charge is -2.07. The van der Waals surface area contributed by atoms with Gasteiger partial charge in [0.2, 0.25) is 0 Å². The van der Waals surface area contributed by atoms with Crippen molar-refractivity contribution >= 4 is 17.5 Å². The zero-order valence-corrected chi connectivity index (χ0v) is 11.6. The Bertz CT molecular complexity index is 626. The highest BCUT2D eigenvalue weighted by molar-refractivity contribution is 6.39. The van der Waals surface area contributed by atoms with Crippen LogP contribution < -0.4 is 15.4 Å². The van der Waals surface area contributed by atoms with Gasteiger partial charge in [-0.25, -0.2) is 0 Å². The Morgan fingerprint density at radius 1 is 1.00 bits per heavy atom. The summed E-state index contributed by atoms with van der Waals surface area (Å²) in [4.78, 5) is 23.5. The molecule has 0 spiro atoms. The van der Waals surface area contributed by atoms with Gasteiger partial charge in [-0.2, -0.15) is 0 Å². The van der Waals surface area contributed by atoms with Crippen LogP contribution in [0.3, 0.4) is 0 Å². The first-order valence-electron chi connectivity index (χ1n) is 6.46. The minimum Gasteiger partial charge on any atom is -0.497 e. The van der Waals surface area contributed by atoms with Crippen molar-refractivity contribution in [3.05, 3.63) is 60.2 Å². The number of carbonyl (C=O) groups is 2. The van der Waals surface area contributed by atoms with Crippen molar-refractivity contribution in [1.82, 2.24) is 5.32 Å². The highest BCUT2D eigenvalue weighted by Crippen LogP contribution is 2.16. The maximum atomic E-state index is 11.8. The summed E-state index contributed by atoms with van der Waals surface area (Å²) in [6, 6.07) is 16.2. The molecule has 0 bridgehead atoms. The van der Waals surface area contributed by atoms with Crippen molar-refractivity contribution in [3.63, 3.8) is 0 Å². The Morgan fingerprint density at radius 2 is 1.76 bits per heavy atom. The lowest BCUT2D eigenvalue weighted by molar-refractivity contribution is -0.136. The Hall–Kier alpha value is -2.82. The molecule has 2 amide bonds. The molecule has 5 nitrogen and oxygen atoms in total. The van der Waals surface area contributed by atoms with Crippen LogP contribution >= 0.6 is 0 Å². The molecule has 2 aromatic carbocycles. The summed E-state index contributed by atoms with van der Waals surface area (Å²) in [5, 5.41) is 5.09. The lowest BCUT2D eigenvalue weighted by atomic mass is 10.2. The van der Waals surface area contributed by atoms with Gasteiger partial charge in [0.05, 0.1) is 7.11 Å². The van der Waals surface area contributed by atoms with Crippen LogP contribution in [0, 0.1) is 0 Å². The fourth-order valence-corrected chi connectivity index (χ4v) is 1.75. The Kier molecular flexibility index (Phi) is 4.93.